The molecule has 1 fully saturated rings. The highest BCUT2D eigenvalue weighted by Gasteiger charge is 2.33. The van der Waals surface area contributed by atoms with Crippen LogP contribution in [0.15, 0.2) is 24.3 Å². The molecular formula is C16H23NO3. The quantitative estimate of drug-likeness (QED) is 0.868. The van der Waals surface area contributed by atoms with Crippen LogP contribution in [0.1, 0.15) is 48.0 Å². The zero-order valence-electron chi connectivity index (χ0n) is 12.0. The summed E-state index contributed by atoms with van der Waals surface area (Å²) in [5, 5.41) is 12.7. The van der Waals surface area contributed by atoms with Crippen molar-refractivity contribution >= 4 is 5.91 Å². The Labute approximate surface area is 120 Å². The van der Waals surface area contributed by atoms with E-state index in [4.69, 9.17) is 4.74 Å². The van der Waals surface area contributed by atoms with Crippen LogP contribution in [0.2, 0.25) is 0 Å². The highest BCUT2D eigenvalue weighted by atomic mass is 16.5. The molecule has 4 nitrogen and oxygen atoms in total. The lowest BCUT2D eigenvalue weighted by molar-refractivity contribution is 0.0758. The van der Waals surface area contributed by atoms with Gasteiger partial charge in [0.05, 0.1) is 18.8 Å². The number of benzene rings is 1. The van der Waals surface area contributed by atoms with Crippen molar-refractivity contribution < 1.29 is 14.6 Å². The molecule has 1 aliphatic carbocycles. The Kier molecular flexibility index (Phi) is 5.15. The predicted octanol–water partition coefficient (Wildman–Crippen LogP) is 2.26. The smallest absolute Gasteiger partial charge is 0.251 e. The Morgan fingerprint density at radius 1 is 1.35 bits per heavy atom. The minimum absolute atomic E-state index is 0.0104. The van der Waals surface area contributed by atoms with E-state index < -0.39 is 5.54 Å². The van der Waals surface area contributed by atoms with E-state index in [0.717, 1.165) is 31.2 Å². The van der Waals surface area contributed by atoms with Gasteiger partial charge >= 0.3 is 0 Å². The van der Waals surface area contributed by atoms with Crippen molar-refractivity contribution in [2.75, 3.05) is 13.7 Å². The lowest BCUT2D eigenvalue weighted by Gasteiger charge is -2.36. The normalized spacial score (nSPS) is 17.7. The fraction of sp³-hybridized carbons (Fsp3) is 0.562. The SMILES string of the molecule is COCc1cccc(C(=O)NC2(CO)CCCCC2)c1. The molecule has 4 heteroatoms. The molecule has 0 bridgehead atoms. The third kappa shape index (κ3) is 3.58. The van der Waals surface area contributed by atoms with Gasteiger partial charge in [-0.2, -0.15) is 0 Å². The molecule has 20 heavy (non-hydrogen) atoms. The van der Waals surface area contributed by atoms with E-state index in [9.17, 15) is 9.90 Å². The van der Waals surface area contributed by atoms with E-state index in [-0.39, 0.29) is 12.5 Å². The molecule has 0 heterocycles. The van der Waals surface area contributed by atoms with Gasteiger partial charge < -0.3 is 15.2 Å². The average molecular weight is 277 g/mol. The highest BCUT2D eigenvalue weighted by molar-refractivity contribution is 5.94. The van der Waals surface area contributed by atoms with Crippen molar-refractivity contribution in [3.8, 4) is 0 Å². The van der Waals surface area contributed by atoms with E-state index in [1.165, 1.54) is 6.42 Å². The van der Waals surface area contributed by atoms with E-state index in [0.29, 0.717) is 12.2 Å². The molecular weight excluding hydrogens is 254 g/mol. The van der Waals surface area contributed by atoms with E-state index in [2.05, 4.69) is 5.32 Å². The van der Waals surface area contributed by atoms with Gasteiger partial charge in [0.1, 0.15) is 0 Å². The second kappa shape index (κ2) is 6.86. The van der Waals surface area contributed by atoms with E-state index >= 15 is 0 Å². The van der Waals surface area contributed by atoms with Crippen molar-refractivity contribution in [3.63, 3.8) is 0 Å². The summed E-state index contributed by atoms with van der Waals surface area (Å²) >= 11 is 0. The van der Waals surface area contributed by atoms with Gasteiger partial charge in [-0.15, -0.1) is 0 Å². The summed E-state index contributed by atoms with van der Waals surface area (Å²) in [6, 6.07) is 7.42. The van der Waals surface area contributed by atoms with Gasteiger partial charge in [0.15, 0.2) is 0 Å². The molecule has 1 aliphatic rings. The number of ether oxygens (including phenoxy) is 1. The fourth-order valence-electron chi connectivity index (χ4n) is 2.83. The molecule has 0 radical (unpaired) electrons. The lowest BCUT2D eigenvalue weighted by atomic mass is 9.82. The van der Waals surface area contributed by atoms with Crippen molar-refractivity contribution in [2.24, 2.45) is 0 Å². The number of carbonyl (C=O) groups is 1. The van der Waals surface area contributed by atoms with Crippen LogP contribution in [-0.2, 0) is 11.3 Å². The summed E-state index contributed by atoms with van der Waals surface area (Å²) in [7, 11) is 1.63. The summed E-state index contributed by atoms with van der Waals surface area (Å²) in [6.45, 7) is 0.503. The predicted molar refractivity (Wildman–Crippen MR) is 77.5 cm³/mol. The van der Waals surface area contributed by atoms with E-state index in [1.54, 1.807) is 13.2 Å². The zero-order chi connectivity index (χ0) is 14.4. The first-order valence-corrected chi connectivity index (χ1v) is 7.20. The standard InChI is InChI=1S/C16H23NO3/c1-20-11-13-6-5-7-14(10-13)15(19)17-16(12-18)8-3-2-4-9-16/h5-7,10,18H,2-4,8-9,11-12H2,1H3,(H,17,19). The first kappa shape index (κ1) is 15.0. The molecule has 1 aromatic carbocycles. The summed E-state index contributed by atoms with van der Waals surface area (Å²) in [6.07, 6.45) is 5.01. The summed E-state index contributed by atoms with van der Waals surface area (Å²) in [5.74, 6) is -0.112. The largest absolute Gasteiger partial charge is 0.394 e. The highest BCUT2D eigenvalue weighted by Crippen LogP contribution is 2.28. The fourth-order valence-corrected chi connectivity index (χ4v) is 2.83. The first-order chi connectivity index (χ1) is 9.69. The number of hydrogen-bond acceptors (Lipinski definition) is 3. The van der Waals surface area contributed by atoms with Gasteiger partial charge in [-0.3, -0.25) is 4.79 Å². The molecule has 2 N–H and O–H groups in total. The maximum Gasteiger partial charge on any atom is 0.251 e. The Bertz CT molecular complexity index is 453. The van der Waals surface area contributed by atoms with Crippen molar-refractivity contribution in [2.45, 2.75) is 44.2 Å². The number of aliphatic hydroxyl groups excluding tert-OH is 1. The van der Waals surface area contributed by atoms with Gasteiger partial charge in [-0.1, -0.05) is 31.4 Å². The van der Waals surface area contributed by atoms with Crippen LogP contribution in [0.4, 0.5) is 0 Å². The van der Waals surface area contributed by atoms with Crippen LogP contribution >= 0.6 is 0 Å². The van der Waals surface area contributed by atoms with Gasteiger partial charge in [-0.25, -0.2) is 0 Å². The first-order valence-electron chi connectivity index (χ1n) is 7.20. The second-order valence-corrected chi connectivity index (χ2v) is 5.59. The molecule has 0 atom stereocenters. The molecule has 0 aromatic heterocycles. The average Bonchev–Trinajstić information content (AvgIpc) is 2.49. The second-order valence-electron chi connectivity index (χ2n) is 5.59. The van der Waals surface area contributed by atoms with E-state index in [1.807, 2.05) is 18.2 Å². The lowest BCUT2D eigenvalue weighted by Crippen LogP contribution is -2.52. The Hall–Kier alpha value is -1.39. The van der Waals surface area contributed by atoms with Crippen LogP contribution in [-0.4, -0.2) is 30.3 Å². The monoisotopic (exact) mass is 277 g/mol. The molecule has 110 valence electrons. The number of carbonyl (C=O) groups excluding carboxylic acids is 1. The van der Waals surface area contributed by atoms with Crippen LogP contribution in [0.3, 0.4) is 0 Å². The molecule has 0 saturated heterocycles. The van der Waals surface area contributed by atoms with Gasteiger partial charge in [-0.05, 0) is 30.5 Å². The van der Waals surface area contributed by atoms with Gasteiger partial charge in [0.2, 0.25) is 0 Å². The molecule has 1 saturated carbocycles. The molecule has 2 rings (SSSR count). The molecule has 1 amide bonds. The maximum atomic E-state index is 12.4. The van der Waals surface area contributed by atoms with Crippen LogP contribution in [0.5, 0.6) is 0 Å². The van der Waals surface area contributed by atoms with Gasteiger partial charge in [0.25, 0.3) is 5.91 Å². The number of rotatable bonds is 5. The molecule has 1 aromatic rings. The third-order valence-electron chi connectivity index (χ3n) is 3.99. The van der Waals surface area contributed by atoms with Crippen molar-refractivity contribution in [1.82, 2.24) is 5.32 Å². The number of nitrogens with one attached hydrogen (secondary N) is 1. The topological polar surface area (TPSA) is 58.6 Å². The van der Waals surface area contributed by atoms with Crippen molar-refractivity contribution in [1.29, 1.82) is 0 Å². The summed E-state index contributed by atoms with van der Waals surface area (Å²) in [5.41, 5.74) is 1.16. The minimum atomic E-state index is -0.438. The van der Waals surface area contributed by atoms with Crippen LogP contribution in [0.25, 0.3) is 0 Å². The molecule has 0 unspecified atom stereocenters. The summed E-state index contributed by atoms with van der Waals surface area (Å²) in [4.78, 5) is 12.4. The Balaban J connectivity index is 2.08. The zero-order valence-corrected chi connectivity index (χ0v) is 12.0. The minimum Gasteiger partial charge on any atom is -0.394 e. The summed E-state index contributed by atoms with van der Waals surface area (Å²) < 4.78 is 5.08. The number of hydrogen-bond donors (Lipinski definition) is 2. The van der Waals surface area contributed by atoms with Crippen LogP contribution in [0, 0.1) is 0 Å². The number of methoxy groups -OCH3 is 1. The Morgan fingerprint density at radius 2 is 2.10 bits per heavy atom. The number of aliphatic hydroxyl groups is 1. The molecule has 0 spiro atoms. The van der Waals surface area contributed by atoms with Crippen LogP contribution < -0.4 is 5.32 Å². The van der Waals surface area contributed by atoms with Gasteiger partial charge in [0, 0.05) is 12.7 Å². The number of amides is 1. The maximum absolute atomic E-state index is 12.4. The Morgan fingerprint density at radius 3 is 2.75 bits per heavy atom. The molecule has 0 aliphatic heterocycles. The van der Waals surface area contributed by atoms with Crippen molar-refractivity contribution in [3.05, 3.63) is 35.4 Å². The third-order valence-corrected chi connectivity index (χ3v) is 3.99.